The molecule has 1 heterocycles. The number of nitrogens with zero attached hydrogens (tertiary/aromatic N) is 1. The molecule has 3 nitrogen and oxygen atoms in total. The maximum Gasteiger partial charge on any atom is 0.0813 e. The van der Waals surface area contributed by atoms with Gasteiger partial charge in [0.2, 0.25) is 0 Å². The van der Waals surface area contributed by atoms with E-state index in [0.29, 0.717) is 6.04 Å². The van der Waals surface area contributed by atoms with Gasteiger partial charge in [0.05, 0.1) is 5.60 Å². The summed E-state index contributed by atoms with van der Waals surface area (Å²) in [6.45, 7) is 11.9. The van der Waals surface area contributed by atoms with Gasteiger partial charge >= 0.3 is 0 Å². The van der Waals surface area contributed by atoms with Crippen molar-refractivity contribution in [1.29, 1.82) is 0 Å². The van der Waals surface area contributed by atoms with Crippen molar-refractivity contribution in [2.75, 3.05) is 19.6 Å². The third-order valence-corrected chi connectivity index (χ3v) is 2.30. The first-order valence-electron chi connectivity index (χ1n) is 5.63. The first-order valence-corrected chi connectivity index (χ1v) is 5.63. The van der Waals surface area contributed by atoms with Gasteiger partial charge in [0.1, 0.15) is 0 Å². The molecule has 1 saturated heterocycles. The summed E-state index contributed by atoms with van der Waals surface area (Å²) in [5.41, 5.74) is 3.01. The van der Waals surface area contributed by atoms with E-state index in [9.17, 15) is 0 Å². The maximum absolute atomic E-state index is 5.52. The summed E-state index contributed by atoms with van der Waals surface area (Å²) in [4.78, 5) is 8.01. The van der Waals surface area contributed by atoms with Crippen LogP contribution in [0.15, 0.2) is 0 Å². The van der Waals surface area contributed by atoms with E-state index < -0.39 is 0 Å². The molecule has 1 rings (SSSR count). The van der Waals surface area contributed by atoms with Crippen LogP contribution < -0.4 is 5.48 Å². The van der Waals surface area contributed by atoms with E-state index in [4.69, 9.17) is 4.84 Å². The van der Waals surface area contributed by atoms with Gasteiger partial charge in [-0.25, -0.2) is 0 Å². The molecule has 0 aromatic rings. The van der Waals surface area contributed by atoms with Gasteiger partial charge in [0.15, 0.2) is 0 Å². The Hall–Kier alpha value is -0.120. The molecule has 0 aliphatic carbocycles. The van der Waals surface area contributed by atoms with E-state index >= 15 is 0 Å². The zero-order chi connectivity index (χ0) is 10.6. The SMILES string of the molecule is CC(CN1CCCC1)NOC(C)(C)C. The van der Waals surface area contributed by atoms with Crippen molar-refractivity contribution < 1.29 is 4.84 Å². The number of likely N-dealkylation sites (tertiary alicyclic amines) is 1. The molecule has 0 amide bonds. The Labute approximate surface area is 87.8 Å². The van der Waals surface area contributed by atoms with Crippen LogP contribution in [0.5, 0.6) is 0 Å². The second-order valence-electron chi connectivity index (χ2n) is 5.24. The Bertz CT molecular complexity index is 159. The Kier molecular flexibility index (Phi) is 4.35. The predicted molar refractivity (Wildman–Crippen MR) is 59.1 cm³/mol. The van der Waals surface area contributed by atoms with Crippen LogP contribution >= 0.6 is 0 Å². The van der Waals surface area contributed by atoms with E-state index in [0.717, 1.165) is 6.54 Å². The minimum absolute atomic E-state index is 0.0979. The van der Waals surface area contributed by atoms with Gasteiger partial charge < -0.3 is 4.90 Å². The van der Waals surface area contributed by atoms with Gasteiger partial charge in [0, 0.05) is 12.6 Å². The molecule has 14 heavy (non-hydrogen) atoms. The van der Waals surface area contributed by atoms with Crippen LogP contribution in [0.3, 0.4) is 0 Å². The number of hydroxylamine groups is 1. The molecule has 0 aromatic carbocycles. The number of hydrogen-bond acceptors (Lipinski definition) is 3. The molecule has 0 radical (unpaired) electrons. The molecule has 84 valence electrons. The highest BCUT2D eigenvalue weighted by atomic mass is 16.7. The second-order valence-corrected chi connectivity index (χ2v) is 5.24. The highest BCUT2D eigenvalue weighted by Crippen LogP contribution is 2.09. The topological polar surface area (TPSA) is 24.5 Å². The molecule has 0 aromatic heterocycles. The van der Waals surface area contributed by atoms with Gasteiger partial charge in [-0.15, -0.1) is 0 Å². The fraction of sp³-hybridized carbons (Fsp3) is 1.00. The number of hydrogen-bond donors (Lipinski definition) is 1. The van der Waals surface area contributed by atoms with Crippen LogP contribution in [-0.4, -0.2) is 36.2 Å². The Morgan fingerprint density at radius 1 is 1.29 bits per heavy atom. The zero-order valence-electron chi connectivity index (χ0n) is 9.97. The molecule has 1 fully saturated rings. The van der Waals surface area contributed by atoms with Crippen molar-refractivity contribution >= 4 is 0 Å². The van der Waals surface area contributed by atoms with Crippen molar-refractivity contribution in [2.24, 2.45) is 0 Å². The minimum atomic E-state index is -0.0979. The normalized spacial score (nSPS) is 21.4. The van der Waals surface area contributed by atoms with Crippen LogP contribution in [0.25, 0.3) is 0 Å². The summed E-state index contributed by atoms with van der Waals surface area (Å²) >= 11 is 0. The Morgan fingerprint density at radius 2 is 1.86 bits per heavy atom. The number of rotatable bonds is 4. The molecular formula is C11H24N2O. The summed E-state index contributed by atoms with van der Waals surface area (Å²) in [5, 5.41) is 0. The van der Waals surface area contributed by atoms with Crippen LogP contribution in [-0.2, 0) is 4.84 Å². The van der Waals surface area contributed by atoms with Crippen molar-refractivity contribution in [3.8, 4) is 0 Å². The summed E-state index contributed by atoms with van der Waals surface area (Å²) in [6, 6.07) is 0.410. The van der Waals surface area contributed by atoms with Gasteiger partial charge in [-0.3, -0.25) is 4.84 Å². The zero-order valence-corrected chi connectivity index (χ0v) is 9.97. The Balaban J connectivity index is 2.12. The van der Waals surface area contributed by atoms with E-state index in [1.54, 1.807) is 0 Å². The minimum Gasteiger partial charge on any atom is -0.302 e. The molecule has 0 bridgehead atoms. The quantitative estimate of drug-likeness (QED) is 0.700. The largest absolute Gasteiger partial charge is 0.302 e. The fourth-order valence-corrected chi connectivity index (χ4v) is 1.67. The summed E-state index contributed by atoms with van der Waals surface area (Å²) < 4.78 is 0. The smallest absolute Gasteiger partial charge is 0.0813 e. The van der Waals surface area contributed by atoms with E-state index in [2.05, 4.69) is 38.1 Å². The van der Waals surface area contributed by atoms with Crippen LogP contribution in [0.1, 0.15) is 40.5 Å². The van der Waals surface area contributed by atoms with E-state index in [-0.39, 0.29) is 5.60 Å². The van der Waals surface area contributed by atoms with Crippen molar-refractivity contribution in [1.82, 2.24) is 10.4 Å². The van der Waals surface area contributed by atoms with Crippen molar-refractivity contribution in [3.63, 3.8) is 0 Å². The molecule has 0 spiro atoms. The van der Waals surface area contributed by atoms with Crippen LogP contribution in [0, 0.1) is 0 Å². The van der Waals surface area contributed by atoms with E-state index in [1.807, 2.05) is 0 Å². The van der Waals surface area contributed by atoms with Gasteiger partial charge in [0.25, 0.3) is 0 Å². The fourth-order valence-electron chi connectivity index (χ4n) is 1.67. The molecule has 3 heteroatoms. The molecule has 1 aliphatic heterocycles. The first kappa shape index (κ1) is 12.0. The lowest BCUT2D eigenvalue weighted by atomic mass is 10.2. The highest BCUT2D eigenvalue weighted by molar-refractivity contribution is 4.70. The summed E-state index contributed by atoms with van der Waals surface area (Å²) in [6.07, 6.45) is 2.71. The molecule has 1 aliphatic rings. The van der Waals surface area contributed by atoms with Gasteiger partial charge in [-0.2, -0.15) is 5.48 Å². The van der Waals surface area contributed by atoms with Crippen LogP contribution in [0.4, 0.5) is 0 Å². The molecule has 0 saturated carbocycles. The van der Waals surface area contributed by atoms with E-state index in [1.165, 1.54) is 25.9 Å². The van der Waals surface area contributed by atoms with Gasteiger partial charge in [-0.05, 0) is 53.6 Å². The Morgan fingerprint density at radius 3 is 2.36 bits per heavy atom. The van der Waals surface area contributed by atoms with Crippen molar-refractivity contribution in [3.05, 3.63) is 0 Å². The molecule has 1 N–H and O–H groups in total. The third kappa shape index (κ3) is 4.94. The first-order chi connectivity index (χ1) is 6.47. The third-order valence-electron chi connectivity index (χ3n) is 2.30. The summed E-state index contributed by atoms with van der Waals surface area (Å²) in [5.74, 6) is 0. The van der Waals surface area contributed by atoms with Gasteiger partial charge in [-0.1, -0.05) is 0 Å². The monoisotopic (exact) mass is 200 g/mol. The molecule has 1 unspecified atom stereocenters. The summed E-state index contributed by atoms with van der Waals surface area (Å²) in [7, 11) is 0. The number of nitrogens with one attached hydrogen (secondary N) is 1. The lowest BCUT2D eigenvalue weighted by Crippen LogP contribution is -2.41. The predicted octanol–water partition coefficient (Wildman–Crippen LogP) is 1.79. The average molecular weight is 200 g/mol. The van der Waals surface area contributed by atoms with Crippen LogP contribution in [0.2, 0.25) is 0 Å². The standard InChI is InChI=1S/C11H24N2O/c1-10(12-14-11(2,3)4)9-13-7-5-6-8-13/h10,12H,5-9H2,1-4H3. The highest BCUT2D eigenvalue weighted by Gasteiger charge is 2.16. The lowest BCUT2D eigenvalue weighted by molar-refractivity contribution is -0.0885. The molecular weight excluding hydrogens is 176 g/mol. The lowest BCUT2D eigenvalue weighted by Gasteiger charge is -2.25. The molecule has 1 atom stereocenters. The second kappa shape index (κ2) is 5.10. The maximum atomic E-state index is 5.52. The average Bonchev–Trinajstić information content (AvgIpc) is 2.52. The van der Waals surface area contributed by atoms with Crippen molar-refractivity contribution in [2.45, 2.75) is 52.2 Å².